The van der Waals surface area contributed by atoms with Crippen LogP contribution in [0.3, 0.4) is 0 Å². The van der Waals surface area contributed by atoms with Crippen molar-refractivity contribution in [2.75, 3.05) is 5.32 Å². The van der Waals surface area contributed by atoms with Crippen molar-refractivity contribution in [2.45, 2.75) is 20.3 Å². The van der Waals surface area contributed by atoms with Crippen molar-refractivity contribution in [3.63, 3.8) is 0 Å². The van der Waals surface area contributed by atoms with E-state index in [0.717, 1.165) is 16.9 Å². The van der Waals surface area contributed by atoms with Crippen molar-refractivity contribution >= 4 is 23.2 Å². The molecule has 0 bridgehead atoms. The summed E-state index contributed by atoms with van der Waals surface area (Å²) in [5, 5.41) is 11.7. The molecule has 1 aromatic carbocycles. The molecule has 6 nitrogen and oxygen atoms in total. The van der Waals surface area contributed by atoms with Crippen LogP contribution >= 0.6 is 0 Å². The molecule has 0 aliphatic heterocycles. The number of imidazole rings is 1. The molecule has 0 unspecified atom stereocenters. The van der Waals surface area contributed by atoms with Crippen molar-refractivity contribution in [1.29, 1.82) is 0 Å². The Kier molecular flexibility index (Phi) is 4.04. The average molecular weight is 323 g/mol. The maximum Gasteiger partial charge on any atom is 0.335 e. The summed E-state index contributed by atoms with van der Waals surface area (Å²) in [4.78, 5) is 28.1. The molecule has 0 atom stereocenters. The second kappa shape index (κ2) is 6.16. The molecule has 122 valence electrons. The van der Waals surface area contributed by atoms with Crippen LogP contribution in [0.4, 0.5) is 5.69 Å². The minimum Gasteiger partial charge on any atom is -0.478 e. The van der Waals surface area contributed by atoms with E-state index in [1.165, 1.54) is 12.1 Å². The van der Waals surface area contributed by atoms with E-state index >= 15 is 0 Å². The third-order valence-corrected chi connectivity index (χ3v) is 3.86. The normalized spacial score (nSPS) is 10.8. The molecule has 24 heavy (non-hydrogen) atoms. The van der Waals surface area contributed by atoms with Crippen LogP contribution in [0, 0.1) is 6.92 Å². The highest BCUT2D eigenvalue weighted by Crippen LogP contribution is 2.18. The number of carbonyl (C=O) groups excluding carboxylic acids is 1. The van der Waals surface area contributed by atoms with Crippen LogP contribution in [0.2, 0.25) is 0 Å². The minimum absolute atomic E-state index is 0.174. The fourth-order valence-corrected chi connectivity index (χ4v) is 2.62. The summed E-state index contributed by atoms with van der Waals surface area (Å²) < 4.78 is 1.79. The Morgan fingerprint density at radius 2 is 1.92 bits per heavy atom. The number of hydrogen-bond donors (Lipinski definition) is 2. The quantitative estimate of drug-likeness (QED) is 0.772. The zero-order valence-electron chi connectivity index (χ0n) is 13.4. The summed E-state index contributed by atoms with van der Waals surface area (Å²) in [6, 6.07) is 9.88. The fourth-order valence-electron chi connectivity index (χ4n) is 2.62. The number of pyridine rings is 1. The number of aryl methyl sites for hydroxylation is 2. The molecule has 3 rings (SSSR count). The number of carboxylic acid groups (broad SMARTS) is 1. The minimum atomic E-state index is -1.00. The average Bonchev–Trinajstić information content (AvgIpc) is 2.95. The molecule has 1 amide bonds. The third-order valence-electron chi connectivity index (χ3n) is 3.86. The van der Waals surface area contributed by atoms with Gasteiger partial charge in [-0.15, -0.1) is 0 Å². The Labute approximate surface area is 138 Å². The molecule has 2 heterocycles. The second-order valence-corrected chi connectivity index (χ2v) is 5.48. The van der Waals surface area contributed by atoms with Crippen molar-refractivity contribution in [2.24, 2.45) is 0 Å². The lowest BCUT2D eigenvalue weighted by Gasteiger charge is -2.07. The van der Waals surface area contributed by atoms with Crippen LogP contribution in [-0.2, 0) is 6.42 Å². The van der Waals surface area contributed by atoms with Crippen LogP contribution in [0.25, 0.3) is 5.65 Å². The van der Waals surface area contributed by atoms with Gasteiger partial charge in [-0.3, -0.25) is 9.20 Å². The zero-order chi connectivity index (χ0) is 17.3. The summed E-state index contributed by atoms with van der Waals surface area (Å²) in [7, 11) is 0. The van der Waals surface area contributed by atoms with Gasteiger partial charge < -0.3 is 10.4 Å². The number of carbonyl (C=O) groups is 2. The predicted octanol–water partition coefficient (Wildman–Crippen LogP) is 3.16. The molecule has 6 heteroatoms. The molecule has 3 aromatic rings. The monoisotopic (exact) mass is 323 g/mol. The van der Waals surface area contributed by atoms with Crippen LogP contribution in [-0.4, -0.2) is 26.4 Å². The first-order valence-corrected chi connectivity index (χ1v) is 7.62. The maximum absolute atomic E-state index is 12.7. The van der Waals surface area contributed by atoms with E-state index < -0.39 is 5.97 Å². The lowest BCUT2D eigenvalue weighted by molar-refractivity contribution is 0.0696. The first-order valence-electron chi connectivity index (χ1n) is 7.62. The fraction of sp³-hybridized carbons (Fsp3) is 0.167. The predicted molar refractivity (Wildman–Crippen MR) is 90.7 cm³/mol. The number of nitrogens with one attached hydrogen (secondary N) is 1. The van der Waals surface area contributed by atoms with Gasteiger partial charge in [-0.1, -0.05) is 13.0 Å². The molecule has 0 aliphatic carbocycles. The van der Waals surface area contributed by atoms with Gasteiger partial charge in [0.25, 0.3) is 5.91 Å². The van der Waals surface area contributed by atoms with Gasteiger partial charge in [0.15, 0.2) is 0 Å². The topological polar surface area (TPSA) is 83.7 Å². The van der Waals surface area contributed by atoms with E-state index in [2.05, 4.69) is 10.3 Å². The Morgan fingerprint density at radius 1 is 1.21 bits per heavy atom. The number of nitrogens with zero attached hydrogens (tertiary/aromatic N) is 2. The maximum atomic E-state index is 12.7. The summed E-state index contributed by atoms with van der Waals surface area (Å²) in [6.45, 7) is 3.91. The van der Waals surface area contributed by atoms with E-state index in [9.17, 15) is 9.59 Å². The number of fused-ring (bicyclic) bond motifs is 1. The van der Waals surface area contributed by atoms with Crippen LogP contribution in [0.5, 0.6) is 0 Å². The Bertz CT molecular complexity index is 927. The van der Waals surface area contributed by atoms with E-state index in [4.69, 9.17) is 5.11 Å². The van der Waals surface area contributed by atoms with Gasteiger partial charge in [-0.2, -0.15) is 0 Å². The van der Waals surface area contributed by atoms with E-state index in [1.54, 1.807) is 16.5 Å². The van der Waals surface area contributed by atoms with E-state index in [-0.39, 0.29) is 11.5 Å². The van der Waals surface area contributed by atoms with Crippen LogP contribution in [0.1, 0.15) is 39.0 Å². The Balaban J connectivity index is 1.96. The molecule has 2 N–H and O–H groups in total. The first-order chi connectivity index (χ1) is 11.5. The number of hydrogen-bond acceptors (Lipinski definition) is 3. The number of aromatic nitrogens is 2. The largest absolute Gasteiger partial charge is 0.478 e. The van der Waals surface area contributed by atoms with E-state index in [0.29, 0.717) is 17.8 Å². The summed E-state index contributed by atoms with van der Waals surface area (Å²) >= 11 is 0. The Morgan fingerprint density at radius 3 is 2.54 bits per heavy atom. The smallest absolute Gasteiger partial charge is 0.335 e. The van der Waals surface area contributed by atoms with Crippen molar-refractivity contribution < 1.29 is 14.7 Å². The zero-order valence-corrected chi connectivity index (χ0v) is 13.4. The van der Waals surface area contributed by atoms with Gasteiger partial charge in [0.05, 0.1) is 11.3 Å². The molecule has 0 spiro atoms. The number of rotatable bonds is 4. The van der Waals surface area contributed by atoms with Crippen LogP contribution < -0.4 is 5.32 Å². The molecular formula is C18H17N3O3. The number of anilines is 1. The first kappa shape index (κ1) is 15.7. The van der Waals surface area contributed by atoms with Gasteiger partial charge in [-0.25, -0.2) is 9.78 Å². The molecule has 0 radical (unpaired) electrons. The summed E-state index contributed by atoms with van der Waals surface area (Å²) in [6.07, 6.45) is 2.46. The van der Waals surface area contributed by atoms with Gasteiger partial charge in [0.2, 0.25) is 0 Å². The molecule has 0 saturated carbocycles. The second-order valence-electron chi connectivity index (χ2n) is 5.48. The highest BCUT2D eigenvalue weighted by Gasteiger charge is 2.19. The van der Waals surface area contributed by atoms with Gasteiger partial charge >= 0.3 is 5.97 Å². The third kappa shape index (κ3) is 2.74. The molecule has 2 aromatic heterocycles. The van der Waals surface area contributed by atoms with Crippen molar-refractivity contribution in [3.8, 4) is 0 Å². The molecule has 0 aliphatic rings. The number of carboxylic acids is 1. The van der Waals surface area contributed by atoms with E-state index in [1.807, 2.05) is 32.2 Å². The molecule has 0 fully saturated rings. The molecular weight excluding hydrogens is 306 g/mol. The SMILES string of the molecule is CCc1nc2c(C)cccn2c1C(=O)Nc1ccc(C(=O)O)cc1. The highest BCUT2D eigenvalue weighted by molar-refractivity contribution is 6.04. The summed E-state index contributed by atoms with van der Waals surface area (Å²) in [5.41, 5.74) is 3.70. The van der Waals surface area contributed by atoms with Crippen molar-refractivity contribution in [1.82, 2.24) is 9.38 Å². The lowest BCUT2D eigenvalue weighted by Crippen LogP contribution is -2.16. The van der Waals surface area contributed by atoms with Crippen molar-refractivity contribution in [3.05, 3.63) is 65.1 Å². The number of aromatic carboxylic acids is 1. The summed E-state index contributed by atoms with van der Waals surface area (Å²) in [5.74, 6) is -1.27. The van der Waals surface area contributed by atoms with Gasteiger partial charge in [0.1, 0.15) is 11.3 Å². The van der Waals surface area contributed by atoms with Crippen LogP contribution in [0.15, 0.2) is 42.6 Å². The standard InChI is InChI=1S/C18H17N3O3/c1-3-14-15(21-10-4-5-11(2)16(21)20-14)17(22)19-13-8-6-12(7-9-13)18(23)24/h4-10H,3H2,1-2H3,(H,19,22)(H,23,24). The Hall–Kier alpha value is -3.15. The van der Waals surface area contributed by atoms with Gasteiger partial charge in [0, 0.05) is 11.9 Å². The van der Waals surface area contributed by atoms with Gasteiger partial charge in [-0.05, 0) is 49.2 Å². The lowest BCUT2D eigenvalue weighted by atomic mass is 10.2. The molecule has 0 saturated heterocycles. The highest BCUT2D eigenvalue weighted by atomic mass is 16.4. The number of benzene rings is 1. The number of amides is 1.